The number of hydrogen-bond acceptors (Lipinski definition) is 20. The highest BCUT2D eigenvalue weighted by molar-refractivity contribution is 5.85. The molecule has 696 valence electrons. The molecule has 0 radical (unpaired) electrons. The van der Waals surface area contributed by atoms with Crippen LogP contribution in [0.25, 0.3) is 225 Å². The van der Waals surface area contributed by atoms with E-state index >= 15 is 0 Å². The van der Waals surface area contributed by atoms with E-state index in [2.05, 4.69) is 221 Å². The normalized spacial score (nSPS) is 11.2. The van der Waals surface area contributed by atoms with Crippen molar-refractivity contribution in [1.29, 1.82) is 0 Å². The van der Waals surface area contributed by atoms with Crippen LogP contribution in [0.2, 0.25) is 0 Å². The molecule has 20 heteroatoms. The number of aryl methyl sites for hydroxylation is 3. The Kier molecular flexibility index (Phi) is 27.3. The smallest absolute Gasteiger partial charge is 0.248 e. The fourth-order valence-corrected chi connectivity index (χ4v) is 17.3. The Labute approximate surface area is 832 Å². The van der Waals surface area contributed by atoms with E-state index in [1.807, 2.05) is 267 Å². The second-order valence-electron chi connectivity index (χ2n) is 35.1. The number of rotatable bonds is 23. The minimum Gasteiger partial charge on any atom is -0.416 e. The summed E-state index contributed by atoms with van der Waals surface area (Å²) in [6, 6.07) is 138. The average Bonchev–Trinajstić information content (AvgIpc) is 1.41. The van der Waals surface area contributed by atoms with Crippen LogP contribution in [0.3, 0.4) is 0 Å². The second-order valence-corrected chi connectivity index (χ2v) is 35.1. The molecule has 0 saturated carbocycles. The van der Waals surface area contributed by atoms with E-state index in [0.717, 1.165) is 239 Å². The Morgan fingerprint density at radius 2 is 0.361 bits per heavy atom. The van der Waals surface area contributed by atoms with Gasteiger partial charge in [-0.05, 0) is 222 Å². The molecule has 0 unspecified atom stereocenters. The van der Waals surface area contributed by atoms with Crippen molar-refractivity contribution < 1.29 is 17.7 Å². The number of para-hydroxylation sites is 8. The first-order valence-electron chi connectivity index (χ1n) is 48.4. The van der Waals surface area contributed by atoms with Gasteiger partial charge in [0.25, 0.3) is 0 Å². The molecule has 20 nitrogen and oxygen atoms in total. The zero-order chi connectivity index (χ0) is 97.4. The first-order chi connectivity index (χ1) is 71.0. The van der Waals surface area contributed by atoms with E-state index in [1.54, 1.807) is 0 Å². The van der Waals surface area contributed by atoms with Gasteiger partial charge in [-0.1, -0.05) is 314 Å². The van der Waals surface area contributed by atoms with Gasteiger partial charge in [0.1, 0.15) is 0 Å². The predicted octanol–water partition coefficient (Wildman–Crippen LogP) is 30.7. The molecular formula is C124H96N16O4. The van der Waals surface area contributed by atoms with Crippen LogP contribution in [0.4, 0.5) is 0 Å². The van der Waals surface area contributed by atoms with Crippen molar-refractivity contribution in [2.75, 3.05) is 0 Å². The Morgan fingerprint density at radius 1 is 0.174 bits per heavy atom. The van der Waals surface area contributed by atoms with Gasteiger partial charge in [-0.3, -0.25) is 0 Å². The minimum absolute atomic E-state index is 0.274. The summed E-state index contributed by atoms with van der Waals surface area (Å²) >= 11 is 0. The van der Waals surface area contributed by atoms with Crippen LogP contribution < -0.4 is 0 Å². The molecule has 24 aromatic rings. The number of nitrogens with zero attached hydrogens (tertiary/aromatic N) is 16. The summed E-state index contributed by atoms with van der Waals surface area (Å²) in [5, 5.41) is 33.7. The highest BCUT2D eigenvalue weighted by atomic mass is 16.4. The van der Waals surface area contributed by atoms with Crippen molar-refractivity contribution in [3.8, 4) is 181 Å². The SMILES string of the molecule is CC(C)c1nc2ccccc2nc1-c1ccc(-c2ccc(-c3nnc(-c4ccccc4)o3)cc2)cc1.CCCCc1nc2ccccc2nc1-c1ccc(-c2ccc(-c3nnc(-c4ccccc4)o3)cc2)cc1.CCCc1nc2ccccc2nc1-c1ccc(-c2ccc(-c3nnc(-c4ccccc4)o3)cc2)cc1.CCc1nc2ccccc2nc1-c1ccc(-c2ccc(-c3nnc(-c4ccccc4)o3)cc2)cc1. The lowest BCUT2D eigenvalue weighted by atomic mass is 9.98. The number of fused-ring (bicyclic) bond motifs is 4. The van der Waals surface area contributed by atoms with E-state index in [1.165, 1.54) is 0 Å². The maximum Gasteiger partial charge on any atom is 0.248 e. The molecule has 0 atom stereocenters. The number of aromatic nitrogens is 16. The summed E-state index contributed by atoms with van der Waals surface area (Å²) in [7, 11) is 0. The van der Waals surface area contributed by atoms with Gasteiger partial charge >= 0.3 is 0 Å². The first kappa shape index (κ1) is 91.8. The summed E-state index contributed by atoms with van der Waals surface area (Å²) in [5.74, 6) is 4.38. The molecule has 0 aliphatic carbocycles. The standard InChI is InChI=1S/C32H26N4O.2C31H24N4O.C30H22N4O/c1-2-3-11-29-30(34-28-13-8-7-12-27(28)33-29)24-18-14-22(15-19-24)23-16-20-26(21-17-23)32-36-35-31(37-32)25-9-5-4-6-10-25;1-20(2)28-29(33-27-11-7-6-10-26(27)32-28)23-16-12-21(13-17-23)22-14-18-25(19-15-22)31-35-34-30(36-31)24-8-4-3-5-9-24;1-2-8-28-29(33-27-12-7-6-11-26(27)32-28)23-17-13-21(14-18-23)22-15-19-25(20-16-22)31-35-34-30(36-31)24-9-4-3-5-10-24;1-2-25-28(32-27-11-7-6-10-26(27)31-25)22-16-12-20(13-17-22)21-14-18-24(19-15-21)30-34-33-29(35-30)23-8-4-3-5-9-23/h4-10,12-21H,2-3,11H2,1H3;3-20H,1-2H3;3-7,9-20H,2,8H2,1H3;3-19H,2H2,1H3. The first-order valence-corrected chi connectivity index (χ1v) is 48.4. The molecular weight excluding hydrogens is 1780 g/mol. The Hall–Kier alpha value is -18.6. The predicted molar refractivity (Wildman–Crippen MR) is 573 cm³/mol. The maximum absolute atomic E-state index is 5.90. The van der Waals surface area contributed by atoms with Gasteiger partial charge in [-0.15, -0.1) is 40.8 Å². The third-order valence-corrected chi connectivity index (χ3v) is 24.9. The van der Waals surface area contributed by atoms with Crippen molar-refractivity contribution >= 4 is 44.1 Å². The average molecular weight is 1870 g/mol. The fraction of sp³-hybridized carbons (Fsp3) is 0.0968. The van der Waals surface area contributed by atoms with Gasteiger partial charge in [0.15, 0.2) is 0 Å². The topological polar surface area (TPSA) is 259 Å². The van der Waals surface area contributed by atoms with Crippen LogP contribution in [0.1, 0.15) is 82.6 Å². The van der Waals surface area contributed by atoms with Crippen LogP contribution in [0.15, 0.2) is 430 Å². The molecule has 8 aromatic heterocycles. The van der Waals surface area contributed by atoms with Crippen molar-refractivity contribution in [1.82, 2.24) is 80.7 Å². The molecule has 0 saturated heterocycles. The van der Waals surface area contributed by atoms with Crippen LogP contribution in [0.5, 0.6) is 0 Å². The van der Waals surface area contributed by atoms with E-state index in [9.17, 15) is 0 Å². The van der Waals surface area contributed by atoms with Gasteiger partial charge in [0.2, 0.25) is 47.1 Å². The number of unbranched alkanes of at least 4 members (excludes halogenated alkanes) is 1. The Balaban J connectivity index is 0.000000113. The van der Waals surface area contributed by atoms with Crippen molar-refractivity contribution in [3.05, 3.63) is 435 Å². The molecule has 144 heavy (non-hydrogen) atoms. The fourth-order valence-electron chi connectivity index (χ4n) is 17.3. The van der Waals surface area contributed by atoms with Crippen molar-refractivity contribution in [2.45, 2.75) is 79.1 Å². The molecule has 0 amide bonds. The summed E-state index contributed by atoms with van der Waals surface area (Å²) < 4.78 is 23.6. The second kappa shape index (κ2) is 42.8. The number of hydrogen-bond donors (Lipinski definition) is 0. The lowest BCUT2D eigenvalue weighted by Gasteiger charge is -2.13. The maximum atomic E-state index is 5.90. The minimum atomic E-state index is 0.274. The molecule has 0 N–H and O–H groups in total. The molecule has 16 aromatic carbocycles. The molecule has 24 rings (SSSR count). The highest BCUT2D eigenvalue weighted by Crippen LogP contribution is 2.39. The largest absolute Gasteiger partial charge is 0.416 e. The molecule has 0 fully saturated rings. The van der Waals surface area contributed by atoms with Crippen LogP contribution in [-0.2, 0) is 19.3 Å². The molecule has 8 heterocycles. The lowest BCUT2D eigenvalue weighted by molar-refractivity contribution is 0.584. The zero-order valence-corrected chi connectivity index (χ0v) is 79.9. The zero-order valence-electron chi connectivity index (χ0n) is 79.9. The molecule has 0 aliphatic rings. The summed E-state index contributed by atoms with van der Waals surface area (Å²) in [4.78, 5) is 39.4. The van der Waals surface area contributed by atoms with Crippen molar-refractivity contribution in [3.63, 3.8) is 0 Å². The van der Waals surface area contributed by atoms with Crippen molar-refractivity contribution in [2.24, 2.45) is 0 Å². The Morgan fingerprint density at radius 3 is 0.597 bits per heavy atom. The van der Waals surface area contributed by atoms with Gasteiger partial charge < -0.3 is 17.7 Å². The Bertz CT molecular complexity index is 8510. The highest BCUT2D eigenvalue weighted by Gasteiger charge is 2.22. The lowest BCUT2D eigenvalue weighted by Crippen LogP contribution is -2.00. The van der Waals surface area contributed by atoms with Gasteiger partial charge in [0, 0.05) is 66.8 Å². The third-order valence-electron chi connectivity index (χ3n) is 24.9. The van der Waals surface area contributed by atoms with E-state index in [-0.39, 0.29) is 5.92 Å². The molecule has 0 spiro atoms. The van der Waals surface area contributed by atoms with Gasteiger partial charge in [-0.25, -0.2) is 39.9 Å². The number of benzene rings is 16. The van der Waals surface area contributed by atoms with E-state index in [4.69, 9.17) is 57.5 Å². The summed E-state index contributed by atoms with van der Waals surface area (Å²) in [6.07, 6.45) is 5.90. The molecule has 0 bridgehead atoms. The monoisotopic (exact) mass is 1870 g/mol. The van der Waals surface area contributed by atoms with E-state index in [0.29, 0.717) is 47.1 Å². The summed E-state index contributed by atoms with van der Waals surface area (Å²) in [6.45, 7) is 10.8. The van der Waals surface area contributed by atoms with Crippen LogP contribution >= 0.6 is 0 Å². The van der Waals surface area contributed by atoms with Crippen LogP contribution in [0, 0.1) is 0 Å². The molecule has 0 aliphatic heterocycles. The van der Waals surface area contributed by atoms with E-state index < -0.39 is 0 Å². The third kappa shape index (κ3) is 20.8. The van der Waals surface area contributed by atoms with Crippen LogP contribution in [-0.4, -0.2) is 80.7 Å². The van der Waals surface area contributed by atoms with Gasteiger partial charge in [-0.2, -0.15) is 0 Å². The summed E-state index contributed by atoms with van der Waals surface area (Å²) in [5.41, 5.74) is 35.8. The van der Waals surface area contributed by atoms with Gasteiger partial charge in [0.05, 0.1) is 89.7 Å². The quantitative estimate of drug-likeness (QED) is 0.0576.